The van der Waals surface area contributed by atoms with Crippen molar-refractivity contribution in [3.05, 3.63) is 35.7 Å². The van der Waals surface area contributed by atoms with Gasteiger partial charge in [0, 0.05) is 24.5 Å². The molecule has 4 rings (SSSR count). The summed E-state index contributed by atoms with van der Waals surface area (Å²) in [4.78, 5) is 53.4. The lowest BCUT2D eigenvalue weighted by Gasteiger charge is -2.14. The Bertz CT molecular complexity index is 1170. The van der Waals surface area contributed by atoms with Gasteiger partial charge in [-0.05, 0) is 25.1 Å². The number of carbonyl (C=O) groups is 3. The van der Waals surface area contributed by atoms with Crippen molar-refractivity contribution in [3.63, 3.8) is 0 Å². The van der Waals surface area contributed by atoms with Crippen molar-refractivity contribution in [2.24, 2.45) is 0 Å². The first-order chi connectivity index (χ1) is 14.4. The molecular weight excluding hydrogens is 392 g/mol. The van der Waals surface area contributed by atoms with Gasteiger partial charge in [-0.2, -0.15) is 0 Å². The van der Waals surface area contributed by atoms with Gasteiger partial charge >= 0.3 is 5.97 Å². The van der Waals surface area contributed by atoms with Crippen molar-refractivity contribution < 1.29 is 28.7 Å². The predicted molar refractivity (Wildman–Crippen MR) is 104 cm³/mol. The standard InChI is InChI=1S/C20H18N4O6/c1-10-21-18-13(20(27)30-24-16(25)6-7-17(24)26)9-14(23-19(18)22-10)12-5-4-11(28-2)8-15(12)29-3/h4-5,8-9H,6-7H2,1-3H3,(H,21,22,23). The largest absolute Gasteiger partial charge is 0.497 e. The molecular formula is C20H18N4O6. The van der Waals surface area contributed by atoms with Crippen LogP contribution in [0.1, 0.15) is 29.0 Å². The second kappa shape index (κ2) is 7.47. The van der Waals surface area contributed by atoms with Crippen LogP contribution in [0.2, 0.25) is 0 Å². The van der Waals surface area contributed by atoms with Gasteiger partial charge in [0.2, 0.25) is 0 Å². The molecule has 3 aromatic rings. The van der Waals surface area contributed by atoms with Gasteiger partial charge in [0.25, 0.3) is 11.8 Å². The Labute approximate surface area is 170 Å². The summed E-state index contributed by atoms with van der Waals surface area (Å²) < 4.78 is 10.6. The molecule has 1 aliphatic heterocycles. The lowest BCUT2D eigenvalue weighted by molar-refractivity contribution is -0.172. The quantitative estimate of drug-likeness (QED) is 0.635. The molecule has 2 amide bonds. The summed E-state index contributed by atoms with van der Waals surface area (Å²) in [5, 5.41) is 0.505. The van der Waals surface area contributed by atoms with Gasteiger partial charge in [0.1, 0.15) is 17.3 Å². The molecule has 0 spiro atoms. The van der Waals surface area contributed by atoms with Gasteiger partial charge in [-0.3, -0.25) is 9.59 Å². The Kier molecular flexibility index (Phi) is 4.82. The second-order valence-corrected chi connectivity index (χ2v) is 6.60. The minimum atomic E-state index is -0.872. The average Bonchev–Trinajstić information content (AvgIpc) is 3.28. The summed E-state index contributed by atoms with van der Waals surface area (Å²) in [6.45, 7) is 1.72. The fourth-order valence-corrected chi connectivity index (χ4v) is 3.20. The van der Waals surface area contributed by atoms with E-state index in [9.17, 15) is 14.4 Å². The van der Waals surface area contributed by atoms with Crippen LogP contribution in [-0.4, -0.2) is 52.0 Å². The van der Waals surface area contributed by atoms with E-state index in [4.69, 9.17) is 14.3 Å². The van der Waals surface area contributed by atoms with Crippen LogP contribution in [0.25, 0.3) is 22.4 Å². The van der Waals surface area contributed by atoms with E-state index in [-0.39, 0.29) is 24.1 Å². The number of benzene rings is 1. The molecule has 0 radical (unpaired) electrons. The van der Waals surface area contributed by atoms with Crippen molar-refractivity contribution in [3.8, 4) is 22.8 Å². The molecule has 0 bridgehead atoms. The molecule has 0 unspecified atom stereocenters. The van der Waals surface area contributed by atoms with Crippen LogP contribution in [0.5, 0.6) is 11.5 Å². The van der Waals surface area contributed by atoms with Crippen LogP contribution in [-0.2, 0) is 14.4 Å². The van der Waals surface area contributed by atoms with Crippen LogP contribution in [0.4, 0.5) is 0 Å². The van der Waals surface area contributed by atoms with Gasteiger partial charge in [-0.15, -0.1) is 5.06 Å². The van der Waals surface area contributed by atoms with Crippen LogP contribution < -0.4 is 9.47 Å². The molecule has 1 aromatic carbocycles. The summed E-state index contributed by atoms with van der Waals surface area (Å²) >= 11 is 0. The molecule has 2 aromatic heterocycles. The third-order valence-electron chi connectivity index (χ3n) is 4.66. The van der Waals surface area contributed by atoms with Crippen LogP contribution in [0.15, 0.2) is 24.3 Å². The topological polar surface area (TPSA) is 124 Å². The van der Waals surface area contributed by atoms with E-state index in [1.807, 2.05) is 0 Å². The van der Waals surface area contributed by atoms with Crippen molar-refractivity contribution in [1.29, 1.82) is 0 Å². The number of pyridine rings is 1. The number of hydrogen-bond acceptors (Lipinski definition) is 8. The Hall–Kier alpha value is -3.95. The fraction of sp³-hybridized carbons (Fsp3) is 0.250. The third-order valence-corrected chi connectivity index (χ3v) is 4.66. The first-order valence-corrected chi connectivity index (χ1v) is 9.09. The average molecular weight is 410 g/mol. The minimum absolute atomic E-state index is 0.00926. The smallest absolute Gasteiger partial charge is 0.366 e. The van der Waals surface area contributed by atoms with Crippen molar-refractivity contribution >= 4 is 28.9 Å². The zero-order valence-corrected chi connectivity index (χ0v) is 16.5. The predicted octanol–water partition coefficient (Wildman–Crippen LogP) is 2.17. The molecule has 10 heteroatoms. The maximum Gasteiger partial charge on any atom is 0.366 e. The van der Waals surface area contributed by atoms with Crippen LogP contribution in [0.3, 0.4) is 0 Å². The van der Waals surface area contributed by atoms with E-state index in [1.54, 1.807) is 32.2 Å². The molecule has 0 atom stereocenters. The highest BCUT2D eigenvalue weighted by atomic mass is 16.7. The summed E-state index contributed by atoms with van der Waals surface area (Å²) in [7, 11) is 3.05. The molecule has 1 N–H and O–H groups in total. The first kappa shape index (κ1) is 19.4. The Morgan fingerprint density at radius 1 is 1.07 bits per heavy atom. The number of hydroxylamine groups is 2. The maximum absolute atomic E-state index is 12.9. The lowest BCUT2D eigenvalue weighted by atomic mass is 10.1. The highest BCUT2D eigenvalue weighted by Crippen LogP contribution is 2.34. The van der Waals surface area contributed by atoms with Gasteiger partial charge in [0.05, 0.1) is 31.0 Å². The number of imide groups is 1. The Morgan fingerprint density at radius 2 is 1.80 bits per heavy atom. The third kappa shape index (κ3) is 3.32. The Morgan fingerprint density at radius 3 is 2.47 bits per heavy atom. The minimum Gasteiger partial charge on any atom is -0.497 e. The summed E-state index contributed by atoms with van der Waals surface area (Å²) in [6, 6.07) is 6.67. The number of amides is 2. The molecule has 1 saturated heterocycles. The molecule has 1 fully saturated rings. The number of H-pyrrole nitrogens is 1. The highest BCUT2D eigenvalue weighted by molar-refractivity contribution is 6.06. The number of nitrogens with one attached hydrogen (secondary N) is 1. The van der Waals surface area contributed by atoms with Gasteiger partial charge in [0.15, 0.2) is 5.65 Å². The van der Waals surface area contributed by atoms with Crippen molar-refractivity contribution in [2.45, 2.75) is 19.8 Å². The molecule has 1 aliphatic rings. The second-order valence-electron chi connectivity index (χ2n) is 6.60. The van der Waals surface area contributed by atoms with E-state index in [0.29, 0.717) is 39.2 Å². The van der Waals surface area contributed by atoms with Gasteiger partial charge in [-0.1, -0.05) is 0 Å². The van der Waals surface area contributed by atoms with Crippen LogP contribution >= 0.6 is 0 Å². The molecule has 0 saturated carbocycles. The van der Waals surface area contributed by atoms with Crippen molar-refractivity contribution in [1.82, 2.24) is 20.0 Å². The van der Waals surface area contributed by atoms with E-state index in [1.165, 1.54) is 13.2 Å². The summed E-state index contributed by atoms with van der Waals surface area (Å²) in [5.74, 6) is -0.370. The van der Waals surface area contributed by atoms with E-state index < -0.39 is 17.8 Å². The fourth-order valence-electron chi connectivity index (χ4n) is 3.20. The number of aromatic amines is 1. The van der Waals surface area contributed by atoms with Crippen LogP contribution in [0, 0.1) is 6.92 Å². The molecule has 10 nitrogen and oxygen atoms in total. The normalized spacial score (nSPS) is 13.8. The SMILES string of the molecule is COc1ccc(-c2cc(C(=O)ON3C(=O)CCC3=O)c3[nH]c(C)nc3n2)c(OC)c1. The monoisotopic (exact) mass is 410 g/mol. The zero-order valence-electron chi connectivity index (χ0n) is 16.5. The van der Waals surface area contributed by atoms with E-state index >= 15 is 0 Å². The number of hydrogen-bond donors (Lipinski definition) is 1. The van der Waals surface area contributed by atoms with Crippen molar-refractivity contribution in [2.75, 3.05) is 14.2 Å². The number of imidazole rings is 1. The van der Waals surface area contributed by atoms with Gasteiger partial charge in [-0.25, -0.2) is 14.8 Å². The number of methoxy groups -OCH3 is 2. The number of fused-ring (bicyclic) bond motifs is 1. The highest BCUT2D eigenvalue weighted by Gasteiger charge is 2.34. The lowest BCUT2D eigenvalue weighted by Crippen LogP contribution is -2.32. The maximum atomic E-state index is 12.9. The summed E-state index contributed by atoms with van der Waals surface area (Å²) in [5.41, 5.74) is 1.71. The number of carbonyl (C=O) groups excluding carboxylic acids is 3. The number of nitrogens with zero attached hydrogens (tertiary/aromatic N) is 3. The number of ether oxygens (including phenoxy) is 2. The van der Waals surface area contributed by atoms with E-state index in [0.717, 1.165) is 0 Å². The molecule has 30 heavy (non-hydrogen) atoms. The molecule has 0 aliphatic carbocycles. The van der Waals surface area contributed by atoms with E-state index in [2.05, 4.69) is 15.0 Å². The number of rotatable bonds is 5. The summed E-state index contributed by atoms with van der Waals surface area (Å²) in [6.07, 6.45) is 0.0185. The zero-order chi connectivity index (χ0) is 21.4. The van der Waals surface area contributed by atoms with Gasteiger partial charge < -0.3 is 19.3 Å². The number of aromatic nitrogens is 3. The number of aryl methyl sites for hydroxylation is 1. The molecule has 3 heterocycles. The molecule has 154 valence electrons. The Balaban J connectivity index is 1.81. The first-order valence-electron chi connectivity index (χ1n) is 9.09.